The van der Waals surface area contributed by atoms with Crippen LogP contribution < -0.4 is 4.74 Å². The second-order valence-electron chi connectivity index (χ2n) is 7.44. The first kappa shape index (κ1) is 21.2. The van der Waals surface area contributed by atoms with Gasteiger partial charge in [-0.05, 0) is 57.1 Å². The fourth-order valence-corrected chi connectivity index (χ4v) is 4.72. The van der Waals surface area contributed by atoms with Gasteiger partial charge in [-0.15, -0.1) is 0 Å². The van der Waals surface area contributed by atoms with Crippen LogP contribution in [0.25, 0.3) is 0 Å². The van der Waals surface area contributed by atoms with Crippen molar-refractivity contribution in [3.05, 3.63) is 60.2 Å². The summed E-state index contributed by atoms with van der Waals surface area (Å²) in [5.74, 6) is -0.223. The molecule has 1 aliphatic carbocycles. The highest BCUT2D eigenvalue weighted by Gasteiger charge is 2.68. The van der Waals surface area contributed by atoms with Crippen molar-refractivity contribution in [2.75, 3.05) is 0 Å². The molecule has 1 unspecified atom stereocenters. The van der Waals surface area contributed by atoms with Crippen LogP contribution in [0.5, 0.6) is 11.5 Å². The van der Waals surface area contributed by atoms with Gasteiger partial charge >= 0.3 is 10.8 Å². The second-order valence-corrected chi connectivity index (χ2v) is 9.48. The van der Waals surface area contributed by atoms with E-state index in [1.165, 1.54) is 0 Å². The van der Waals surface area contributed by atoms with Crippen LogP contribution in [-0.2, 0) is 16.1 Å². The Morgan fingerprint density at radius 1 is 1.14 bits per heavy atom. The molecule has 7 heteroatoms. The molecule has 0 saturated heterocycles. The smallest absolute Gasteiger partial charge is 0.313 e. The number of hydrogen-bond donors (Lipinski definition) is 0. The van der Waals surface area contributed by atoms with Gasteiger partial charge in [-0.1, -0.05) is 60.1 Å². The highest BCUT2D eigenvalue weighted by molar-refractivity contribution is 9.12. The summed E-state index contributed by atoms with van der Waals surface area (Å²) >= 11 is 5.40. The van der Waals surface area contributed by atoms with Gasteiger partial charge in [0.1, 0.15) is 18.1 Å². The van der Waals surface area contributed by atoms with Gasteiger partial charge in [0, 0.05) is 0 Å². The molecule has 150 valence electrons. The van der Waals surface area contributed by atoms with Gasteiger partial charge in [0.15, 0.2) is 0 Å². The van der Waals surface area contributed by atoms with Crippen LogP contribution in [0.2, 0.25) is 0 Å². The molecule has 28 heavy (non-hydrogen) atoms. The Labute approximate surface area is 179 Å². The minimum atomic E-state index is -3.09. The molecule has 0 aliphatic heterocycles. The molecular formula is C21H20Br2F2O3. The van der Waals surface area contributed by atoms with E-state index < -0.39 is 32.9 Å². The normalized spacial score (nSPS) is 21.6. The number of benzene rings is 2. The zero-order valence-corrected chi connectivity index (χ0v) is 18.5. The topological polar surface area (TPSA) is 35.5 Å². The number of rotatable bonds is 7. The standard InChI is InChI=1S/C21H20Br2F2O3/c1-20(2)16(18(22)21(23,24)25)17(20)19(26)27-12-13-7-6-10-15(11-13)28-14-8-4-3-5-9-14/h3-11,16-18H,12H2,1-2H3/t16-,17+,18?/m1/s1. The van der Waals surface area contributed by atoms with Crippen LogP contribution in [-0.4, -0.2) is 15.6 Å². The fourth-order valence-electron chi connectivity index (χ4n) is 3.45. The van der Waals surface area contributed by atoms with E-state index in [9.17, 15) is 13.6 Å². The van der Waals surface area contributed by atoms with Crippen molar-refractivity contribution in [1.82, 2.24) is 0 Å². The summed E-state index contributed by atoms with van der Waals surface area (Å²) in [6, 6.07) is 16.6. The molecule has 0 N–H and O–H groups in total. The minimum Gasteiger partial charge on any atom is -0.461 e. The summed E-state index contributed by atoms with van der Waals surface area (Å²) in [5.41, 5.74) is 0.207. The molecule has 1 fully saturated rings. The van der Waals surface area contributed by atoms with E-state index in [2.05, 4.69) is 31.9 Å². The summed E-state index contributed by atoms with van der Waals surface area (Å²) < 4.78 is 38.3. The van der Waals surface area contributed by atoms with E-state index in [1.807, 2.05) is 48.5 Å². The fraction of sp³-hybridized carbons (Fsp3) is 0.381. The summed E-state index contributed by atoms with van der Waals surface area (Å²) in [6.45, 7) is 3.65. The van der Waals surface area contributed by atoms with Crippen molar-refractivity contribution in [3.8, 4) is 11.5 Å². The molecule has 0 spiro atoms. The van der Waals surface area contributed by atoms with Gasteiger partial charge in [-0.3, -0.25) is 4.79 Å². The number of halogens is 4. The Morgan fingerprint density at radius 3 is 2.43 bits per heavy atom. The Balaban J connectivity index is 1.60. The van der Waals surface area contributed by atoms with Crippen LogP contribution in [0, 0.1) is 17.3 Å². The van der Waals surface area contributed by atoms with Gasteiger partial charge in [-0.2, -0.15) is 8.78 Å². The van der Waals surface area contributed by atoms with Gasteiger partial charge in [0.25, 0.3) is 0 Å². The average Bonchev–Trinajstić information content (AvgIpc) is 3.21. The minimum absolute atomic E-state index is 0.0573. The van der Waals surface area contributed by atoms with E-state index in [0.717, 1.165) is 5.56 Å². The molecular weight excluding hydrogens is 498 g/mol. The monoisotopic (exact) mass is 516 g/mol. The average molecular weight is 518 g/mol. The molecule has 1 saturated carbocycles. The van der Waals surface area contributed by atoms with Crippen molar-refractivity contribution < 1.29 is 23.0 Å². The van der Waals surface area contributed by atoms with E-state index in [0.29, 0.717) is 11.5 Å². The summed E-state index contributed by atoms with van der Waals surface area (Å²) in [4.78, 5) is 8.24. The number of hydrogen-bond acceptors (Lipinski definition) is 3. The van der Waals surface area contributed by atoms with E-state index in [-0.39, 0.29) is 6.61 Å². The number of esters is 1. The molecule has 0 radical (unpaired) electrons. The van der Waals surface area contributed by atoms with Gasteiger partial charge in [-0.25, -0.2) is 0 Å². The number of carbonyl (C=O) groups excluding carboxylic acids is 1. The van der Waals surface area contributed by atoms with Crippen molar-refractivity contribution in [2.45, 2.75) is 30.1 Å². The van der Waals surface area contributed by atoms with Crippen LogP contribution in [0.15, 0.2) is 54.6 Å². The summed E-state index contributed by atoms with van der Waals surface area (Å²) in [6.07, 6.45) is 0. The Morgan fingerprint density at radius 2 is 1.79 bits per heavy atom. The lowest BCUT2D eigenvalue weighted by atomic mass is 10.1. The van der Waals surface area contributed by atoms with Crippen LogP contribution in [0.3, 0.4) is 0 Å². The maximum atomic E-state index is 13.6. The summed E-state index contributed by atoms with van der Waals surface area (Å²) in [5, 5.41) is 0. The number of ether oxygens (including phenoxy) is 2. The third-order valence-corrected chi connectivity index (χ3v) is 7.30. The summed E-state index contributed by atoms with van der Waals surface area (Å²) in [7, 11) is 0. The van der Waals surface area contributed by atoms with Crippen LogP contribution >= 0.6 is 31.9 Å². The van der Waals surface area contributed by atoms with Crippen molar-refractivity contribution in [2.24, 2.45) is 17.3 Å². The molecule has 3 rings (SSSR count). The Hall–Kier alpha value is -1.47. The molecule has 0 amide bonds. The Bertz CT molecular complexity index is 837. The number of carbonyl (C=O) groups is 1. The van der Waals surface area contributed by atoms with Crippen molar-refractivity contribution in [1.29, 1.82) is 0 Å². The van der Waals surface area contributed by atoms with Gasteiger partial charge in [0.2, 0.25) is 0 Å². The maximum Gasteiger partial charge on any atom is 0.313 e. The zero-order chi connectivity index (χ0) is 20.5. The highest BCUT2D eigenvalue weighted by Crippen LogP contribution is 2.64. The lowest BCUT2D eigenvalue weighted by Gasteiger charge is -2.16. The molecule has 0 bridgehead atoms. The van der Waals surface area contributed by atoms with E-state index in [4.69, 9.17) is 9.47 Å². The van der Waals surface area contributed by atoms with Gasteiger partial charge in [0.05, 0.1) is 10.7 Å². The molecule has 1 aliphatic rings. The zero-order valence-electron chi connectivity index (χ0n) is 15.4. The first-order chi connectivity index (χ1) is 13.1. The van der Waals surface area contributed by atoms with Gasteiger partial charge < -0.3 is 9.47 Å². The second kappa shape index (κ2) is 8.11. The SMILES string of the molecule is CC1(C)[C@H](C(=O)OCc2cccc(Oc3ccccc3)c2)[C@@H]1C(Br)C(F)(F)Br. The molecule has 2 aromatic carbocycles. The number of alkyl halides is 4. The third-order valence-electron chi connectivity index (χ3n) is 5.05. The lowest BCUT2D eigenvalue weighted by molar-refractivity contribution is -0.147. The largest absolute Gasteiger partial charge is 0.461 e. The predicted octanol–water partition coefficient (Wildman–Crippen LogP) is 6.55. The van der Waals surface area contributed by atoms with Crippen molar-refractivity contribution in [3.63, 3.8) is 0 Å². The molecule has 3 atom stereocenters. The van der Waals surface area contributed by atoms with Crippen LogP contribution in [0.4, 0.5) is 8.78 Å². The Kier molecular flexibility index (Phi) is 6.15. The molecule has 0 heterocycles. The first-order valence-electron chi connectivity index (χ1n) is 8.80. The van der Waals surface area contributed by atoms with E-state index in [1.54, 1.807) is 19.9 Å². The molecule has 0 aromatic heterocycles. The maximum absolute atomic E-state index is 13.6. The molecule has 2 aromatic rings. The molecule has 3 nitrogen and oxygen atoms in total. The lowest BCUT2D eigenvalue weighted by Crippen LogP contribution is -2.25. The van der Waals surface area contributed by atoms with E-state index >= 15 is 0 Å². The number of para-hydroxylation sites is 1. The van der Waals surface area contributed by atoms with Crippen molar-refractivity contribution >= 4 is 37.8 Å². The highest BCUT2D eigenvalue weighted by atomic mass is 79.9. The predicted molar refractivity (Wildman–Crippen MR) is 110 cm³/mol. The quantitative estimate of drug-likeness (QED) is 0.309. The van der Waals surface area contributed by atoms with Crippen LogP contribution in [0.1, 0.15) is 19.4 Å². The first-order valence-corrected chi connectivity index (χ1v) is 10.5. The third kappa shape index (κ3) is 4.74.